The van der Waals surface area contributed by atoms with Gasteiger partial charge in [-0.05, 0) is 80.7 Å². The Kier molecular flexibility index (Phi) is 6.13. The third kappa shape index (κ3) is 4.69. The van der Waals surface area contributed by atoms with Crippen molar-refractivity contribution in [3.05, 3.63) is 70.9 Å². The minimum Gasteiger partial charge on any atom is -0.479 e. The number of carboxylic acids is 1. The van der Waals surface area contributed by atoms with Gasteiger partial charge in [-0.3, -0.25) is 0 Å². The number of halogens is 1. The van der Waals surface area contributed by atoms with Crippen LogP contribution in [0.15, 0.2) is 54.7 Å². The predicted octanol–water partition coefficient (Wildman–Crippen LogP) is 8.14. The quantitative estimate of drug-likeness (QED) is 0.252. The molecule has 0 unspecified atom stereocenters. The molecule has 0 amide bonds. The number of thiazole rings is 1. The van der Waals surface area contributed by atoms with Crippen molar-refractivity contribution < 1.29 is 14.6 Å². The van der Waals surface area contributed by atoms with Crippen LogP contribution in [0.5, 0.6) is 0 Å². The highest BCUT2D eigenvalue weighted by atomic mass is 35.5. The number of hydrogen-bond acceptors (Lipinski definition) is 6. The number of carbonyl (C=O) groups is 1. The zero-order valence-corrected chi connectivity index (χ0v) is 22.0. The average Bonchev–Trinajstić information content (AvgIpc) is 3.43. The molecule has 8 heteroatoms. The minimum atomic E-state index is -1.14. The van der Waals surface area contributed by atoms with E-state index in [0.29, 0.717) is 10.6 Å². The summed E-state index contributed by atoms with van der Waals surface area (Å²) in [5, 5.41) is 12.8. The van der Waals surface area contributed by atoms with E-state index in [2.05, 4.69) is 22.6 Å². The van der Waals surface area contributed by atoms with Crippen LogP contribution in [0.2, 0.25) is 5.02 Å². The molecule has 0 saturated carbocycles. The Bertz CT molecular complexity index is 1570. The summed E-state index contributed by atoms with van der Waals surface area (Å²) < 4.78 is 12.4. The first-order valence-corrected chi connectivity index (χ1v) is 13.0. The summed E-state index contributed by atoms with van der Waals surface area (Å²) in [5.74, 6) is -1.03. The average molecular weight is 523 g/mol. The maximum Gasteiger partial charge on any atom is 0.337 e. The summed E-state index contributed by atoms with van der Waals surface area (Å²) >= 11 is 9.19. The van der Waals surface area contributed by atoms with E-state index < -0.39 is 17.7 Å². The molecular weight excluding hydrogens is 500 g/mol. The highest BCUT2D eigenvalue weighted by Crippen LogP contribution is 2.44. The normalized spacial score (nSPS) is 12.9. The van der Waals surface area contributed by atoms with Gasteiger partial charge in [0.05, 0.1) is 20.5 Å². The van der Waals surface area contributed by atoms with Gasteiger partial charge in [0.15, 0.2) is 6.10 Å². The topological polar surface area (TPSA) is 72.3 Å². The lowest BCUT2D eigenvalue weighted by atomic mass is 9.91. The van der Waals surface area contributed by atoms with E-state index in [1.54, 1.807) is 11.3 Å². The van der Waals surface area contributed by atoms with Crippen molar-refractivity contribution in [1.82, 2.24) is 9.36 Å². The molecule has 5 rings (SSSR count). The molecule has 0 fully saturated rings. The first kappa shape index (κ1) is 23.9. The zero-order valence-electron chi connectivity index (χ0n) is 19.6. The molecule has 0 aliphatic rings. The summed E-state index contributed by atoms with van der Waals surface area (Å²) in [4.78, 5) is 17.4. The minimum absolute atomic E-state index is 0.614. The molecule has 178 valence electrons. The SMILES string of the molecule is Cc1cc2nc(-c3ccc4sncc4c3)sc2c(-c2ccc(Cl)cc2)c1[C@H](OC(C)(C)C)C(=O)O. The Labute approximate surface area is 216 Å². The number of hydrogen-bond donors (Lipinski definition) is 1. The lowest BCUT2D eigenvalue weighted by Crippen LogP contribution is -2.28. The fourth-order valence-electron chi connectivity index (χ4n) is 4.17. The van der Waals surface area contributed by atoms with E-state index >= 15 is 0 Å². The van der Waals surface area contributed by atoms with Crippen molar-refractivity contribution in [2.24, 2.45) is 0 Å². The molecule has 2 aromatic heterocycles. The molecule has 5 aromatic rings. The smallest absolute Gasteiger partial charge is 0.337 e. The number of aliphatic carboxylic acids is 1. The molecule has 0 aliphatic heterocycles. The number of carboxylic acid groups (broad SMARTS) is 1. The first-order valence-electron chi connectivity index (χ1n) is 11.1. The first-order chi connectivity index (χ1) is 16.6. The predicted molar refractivity (Wildman–Crippen MR) is 145 cm³/mol. The molecule has 35 heavy (non-hydrogen) atoms. The summed E-state index contributed by atoms with van der Waals surface area (Å²) in [6.45, 7) is 7.50. The molecule has 1 N–H and O–H groups in total. The van der Waals surface area contributed by atoms with Gasteiger partial charge in [-0.25, -0.2) is 9.78 Å². The number of aryl methyl sites for hydroxylation is 1. The maximum absolute atomic E-state index is 12.5. The molecule has 5 nitrogen and oxygen atoms in total. The van der Waals surface area contributed by atoms with E-state index in [1.807, 2.05) is 64.2 Å². The Balaban J connectivity index is 1.78. The standard InChI is InChI=1S/C27H23ClN2O3S2/c1-14-11-19-24(34-25(30-19)16-7-10-20-17(12-16)13-29-35-20)22(15-5-8-18(28)9-6-15)21(14)23(26(31)32)33-27(2,3)4/h5-13,23H,1-4H3,(H,31,32)/t23-/m0/s1. The molecule has 1 atom stereocenters. The van der Waals surface area contributed by atoms with Crippen LogP contribution in [0.4, 0.5) is 0 Å². The van der Waals surface area contributed by atoms with Crippen LogP contribution >= 0.6 is 34.5 Å². The van der Waals surface area contributed by atoms with E-state index in [4.69, 9.17) is 21.3 Å². The van der Waals surface area contributed by atoms with Crippen LogP contribution in [0.3, 0.4) is 0 Å². The molecule has 0 bridgehead atoms. The van der Waals surface area contributed by atoms with Gasteiger partial charge in [0, 0.05) is 33.3 Å². The fraction of sp³-hybridized carbons (Fsp3) is 0.222. The number of aromatic nitrogens is 2. The van der Waals surface area contributed by atoms with Gasteiger partial charge in [0.1, 0.15) is 5.01 Å². The van der Waals surface area contributed by atoms with Crippen molar-refractivity contribution in [2.75, 3.05) is 0 Å². The van der Waals surface area contributed by atoms with E-state index in [-0.39, 0.29) is 0 Å². The summed E-state index contributed by atoms with van der Waals surface area (Å²) in [6.07, 6.45) is 0.725. The zero-order chi connectivity index (χ0) is 24.9. The van der Waals surface area contributed by atoms with Crippen molar-refractivity contribution in [1.29, 1.82) is 0 Å². The lowest BCUT2D eigenvalue weighted by molar-refractivity contribution is -0.160. The van der Waals surface area contributed by atoms with Crippen molar-refractivity contribution >= 4 is 60.7 Å². The number of rotatable bonds is 5. The molecular formula is C27H23ClN2O3S2. The maximum atomic E-state index is 12.5. The summed E-state index contributed by atoms with van der Waals surface area (Å²) in [5.41, 5.74) is 4.30. The van der Waals surface area contributed by atoms with Gasteiger partial charge in [-0.15, -0.1) is 11.3 Å². The Morgan fingerprint density at radius 3 is 2.49 bits per heavy atom. The lowest BCUT2D eigenvalue weighted by Gasteiger charge is -2.28. The van der Waals surface area contributed by atoms with Gasteiger partial charge in [-0.2, -0.15) is 4.37 Å². The highest BCUT2D eigenvalue weighted by molar-refractivity contribution is 7.22. The second-order valence-corrected chi connectivity index (χ2v) is 11.7. The number of ether oxygens (including phenoxy) is 1. The van der Waals surface area contributed by atoms with Gasteiger partial charge in [-0.1, -0.05) is 29.8 Å². The van der Waals surface area contributed by atoms with Gasteiger partial charge in [0.2, 0.25) is 0 Å². The molecule has 2 heterocycles. The van der Waals surface area contributed by atoms with Crippen molar-refractivity contribution in [2.45, 2.75) is 39.4 Å². The van der Waals surface area contributed by atoms with Gasteiger partial charge < -0.3 is 9.84 Å². The number of fused-ring (bicyclic) bond motifs is 2. The number of benzene rings is 3. The molecule has 3 aromatic carbocycles. The summed E-state index contributed by atoms with van der Waals surface area (Å²) in [6, 6.07) is 15.6. The van der Waals surface area contributed by atoms with Crippen LogP contribution < -0.4 is 0 Å². The van der Waals surface area contributed by atoms with Crippen LogP contribution in [-0.2, 0) is 9.53 Å². The Morgan fingerprint density at radius 1 is 1.09 bits per heavy atom. The largest absolute Gasteiger partial charge is 0.479 e. The molecule has 0 spiro atoms. The second-order valence-electron chi connectivity index (χ2n) is 9.38. The van der Waals surface area contributed by atoms with E-state index in [1.165, 1.54) is 11.5 Å². The van der Waals surface area contributed by atoms with Crippen molar-refractivity contribution in [3.8, 4) is 21.7 Å². The Hall–Kier alpha value is -2.84. The number of nitrogens with zero attached hydrogens (tertiary/aromatic N) is 2. The van der Waals surface area contributed by atoms with E-state index in [9.17, 15) is 9.90 Å². The van der Waals surface area contributed by atoms with Crippen molar-refractivity contribution in [3.63, 3.8) is 0 Å². The monoisotopic (exact) mass is 522 g/mol. The van der Waals surface area contributed by atoms with Gasteiger partial charge in [0.25, 0.3) is 0 Å². The van der Waals surface area contributed by atoms with Crippen LogP contribution in [-0.4, -0.2) is 26.0 Å². The van der Waals surface area contributed by atoms with Crippen LogP contribution in [0.25, 0.3) is 42.0 Å². The third-order valence-corrected chi connectivity index (χ3v) is 7.79. The highest BCUT2D eigenvalue weighted by Gasteiger charge is 2.32. The van der Waals surface area contributed by atoms with Crippen LogP contribution in [0, 0.1) is 6.92 Å². The van der Waals surface area contributed by atoms with Crippen LogP contribution in [0.1, 0.15) is 38.0 Å². The second kappa shape index (κ2) is 8.99. The molecule has 0 radical (unpaired) electrons. The Morgan fingerprint density at radius 2 is 1.80 bits per heavy atom. The third-order valence-electron chi connectivity index (χ3n) is 5.62. The fourth-order valence-corrected chi connectivity index (χ4v) is 6.04. The molecule has 0 aliphatic carbocycles. The summed E-state index contributed by atoms with van der Waals surface area (Å²) in [7, 11) is 0. The molecule has 0 saturated heterocycles. The van der Waals surface area contributed by atoms with Gasteiger partial charge >= 0.3 is 5.97 Å². The van der Waals surface area contributed by atoms with E-state index in [0.717, 1.165) is 47.6 Å².